The fourth-order valence-corrected chi connectivity index (χ4v) is 3.81. The molecule has 0 atom stereocenters. The standard InChI is InChI=1S/C30H29N3O4/c1-20-12-14-24(15-13-20)31-28(34)18-33(3)29(35)19-37-27-17-23-10-6-5-9-22(23)16-25(27)30(36)32-26-11-7-4-8-21(26)2/h4-17H,18-19H2,1-3H3,(H,31,34)(H,32,36). The summed E-state index contributed by atoms with van der Waals surface area (Å²) in [6.45, 7) is 3.42. The van der Waals surface area contributed by atoms with E-state index in [1.165, 1.54) is 11.9 Å². The zero-order chi connectivity index (χ0) is 26.4. The van der Waals surface area contributed by atoms with Crippen LogP contribution in [0.1, 0.15) is 21.5 Å². The van der Waals surface area contributed by atoms with Gasteiger partial charge in [-0.3, -0.25) is 14.4 Å². The molecule has 0 aliphatic carbocycles. The number of anilines is 2. The van der Waals surface area contributed by atoms with Crippen molar-refractivity contribution < 1.29 is 19.1 Å². The lowest BCUT2D eigenvalue weighted by Crippen LogP contribution is -2.37. The van der Waals surface area contributed by atoms with Crippen LogP contribution in [0.3, 0.4) is 0 Å². The molecule has 4 aromatic carbocycles. The van der Waals surface area contributed by atoms with Crippen LogP contribution in [-0.2, 0) is 9.59 Å². The summed E-state index contributed by atoms with van der Waals surface area (Å²) in [7, 11) is 1.53. The lowest BCUT2D eigenvalue weighted by atomic mass is 10.0. The third-order valence-corrected chi connectivity index (χ3v) is 5.98. The predicted octanol–water partition coefficient (Wildman–Crippen LogP) is 5.18. The number of hydrogen-bond acceptors (Lipinski definition) is 4. The van der Waals surface area contributed by atoms with Gasteiger partial charge in [0.25, 0.3) is 11.8 Å². The van der Waals surface area contributed by atoms with E-state index in [2.05, 4.69) is 10.6 Å². The smallest absolute Gasteiger partial charge is 0.260 e. The van der Waals surface area contributed by atoms with Gasteiger partial charge in [0, 0.05) is 18.4 Å². The predicted molar refractivity (Wildman–Crippen MR) is 146 cm³/mol. The summed E-state index contributed by atoms with van der Waals surface area (Å²) < 4.78 is 5.85. The maximum atomic E-state index is 13.2. The van der Waals surface area contributed by atoms with E-state index in [0.717, 1.165) is 21.9 Å². The number of nitrogens with one attached hydrogen (secondary N) is 2. The molecule has 4 rings (SSSR count). The number of fused-ring (bicyclic) bond motifs is 1. The Morgan fingerprint density at radius 2 is 1.46 bits per heavy atom. The summed E-state index contributed by atoms with van der Waals surface area (Å²) in [5, 5.41) is 7.46. The minimum Gasteiger partial charge on any atom is -0.483 e. The topological polar surface area (TPSA) is 87.7 Å². The molecule has 0 aliphatic rings. The number of likely N-dealkylation sites (N-methyl/N-ethyl adjacent to an activating group) is 1. The number of para-hydroxylation sites is 1. The number of ether oxygens (including phenoxy) is 1. The normalized spacial score (nSPS) is 10.6. The van der Waals surface area contributed by atoms with Crippen LogP contribution in [0.5, 0.6) is 5.75 Å². The van der Waals surface area contributed by atoms with Crippen LogP contribution in [0.25, 0.3) is 10.8 Å². The highest BCUT2D eigenvalue weighted by Crippen LogP contribution is 2.28. The fraction of sp³-hybridized carbons (Fsp3) is 0.167. The van der Waals surface area contributed by atoms with E-state index >= 15 is 0 Å². The minimum absolute atomic E-state index is 0.131. The number of nitrogens with zero attached hydrogens (tertiary/aromatic N) is 1. The van der Waals surface area contributed by atoms with Gasteiger partial charge in [0.1, 0.15) is 5.75 Å². The number of carbonyl (C=O) groups excluding carboxylic acids is 3. The molecule has 0 spiro atoms. The van der Waals surface area contributed by atoms with E-state index in [4.69, 9.17) is 4.74 Å². The highest BCUT2D eigenvalue weighted by atomic mass is 16.5. The zero-order valence-electron chi connectivity index (χ0n) is 21.1. The molecule has 0 aliphatic heterocycles. The van der Waals surface area contributed by atoms with Crippen LogP contribution in [0, 0.1) is 13.8 Å². The summed E-state index contributed by atoms with van der Waals surface area (Å²) >= 11 is 0. The van der Waals surface area contributed by atoms with Crippen molar-refractivity contribution in [2.24, 2.45) is 0 Å². The quantitative estimate of drug-likeness (QED) is 0.352. The Balaban J connectivity index is 1.45. The van der Waals surface area contributed by atoms with Crippen molar-refractivity contribution in [3.05, 3.63) is 102 Å². The first-order valence-corrected chi connectivity index (χ1v) is 11.9. The second kappa shape index (κ2) is 11.4. The Kier molecular flexibility index (Phi) is 7.83. The molecule has 0 saturated heterocycles. The van der Waals surface area contributed by atoms with Gasteiger partial charge in [-0.25, -0.2) is 0 Å². The fourth-order valence-electron chi connectivity index (χ4n) is 3.81. The van der Waals surface area contributed by atoms with Gasteiger partial charge in [0.15, 0.2) is 6.61 Å². The molecule has 188 valence electrons. The highest BCUT2D eigenvalue weighted by molar-refractivity contribution is 6.09. The average molecular weight is 496 g/mol. The van der Waals surface area contributed by atoms with Gasteiger partial charge >= 0.3 is 0 Å². The van der Waals surface area contributed by atoms with Crippen LogP contribution in [-0.4, -0.2) is 42.8 Å². The summed E-state index contributed by atoms with van der Waals surface area (Å²) in [5.41, 5.74) is 3.69. The minimum atomic E-state index is -0.391. The van der Waals surface area contributed by atoms with Gasteiger partial charge in [0.05, 0.1) is 12.1 Å². The Hall–Kier alpha value is -4.65. The molecule has 0 heterocycles. The van der Waals surface area contributed by atoms with Crippen LogP contribution in [0.2, 0.25) is 0 Å². The van der Waals surface area contributed by atoms with Crippen molar-refractivity contribution in [2.45, 2.75) is 13.8 Å². The van der Waals surface area contributed by atoms with Gasteiger partial charge in [-0.1, -0.05) is 60.2 Å². The van der Waals surface area contributed by atoms with Gasteiger partial charge in [-0.05, 0) is 60.5 Å². The molecule has 37 heavy (non-hydrogen) atoms. The number of rotatable bonds is 8. The Labute approximate surface area is 216 Å². The van der Waals surface area contributed by atoms with Crippen molar-refractivity contribution in [3.8, 4) is 5.75 Å². The molecule has 7 nitrogen and oxygen atoms in total. The van der Waals surface area contributed by atoms with E-state index in [-0.39, 0.29) is 30.7 Å². The van der Waals surface area contributed by atoms with E-state index < -0.39 is 5.91 Å². The van der Waals surface area contributed by atoms with Gasteiger partial charge in [-0.2, -0.15) is 0 Å². The summed E-state index contributed by atoms with van der Waals surface area (Å²) in [5.74, 6) is -0.759. The van der Waals surface area contributed by atoms with Crippen molar-refractivity contribution in [2.75, 3.05) is 30.8 Å². The Morgan fingerprint density at radius 3 is 2.16 bits per heavy atom. The summed E-state index contributed by atoms with van der Waals surface area (Å²) in [4.78, 5) is 39.6. The van der Waals surface area contributed by atoms with Crippen molar-refractivity contribution >= 4 is 39.9 Å². The number of amides is 3. The highest BCUT2D eigenvalue weighted by Gasteiger charge is 2.19. The SMILES string of the molecule is Cc1ccc(NC(=O)CN(C)C(=O)COc2cc3ccccc3cc2C(=O)Nc2ccccc2C)cc1. The largest absolute Gasteiger partial charge is 0.483 e. The second-order valence-corrected chi connectivity index (χ2v) is 8.92. The first kappa shape index (κ1) is 25.4. The lowest BCUT2D eigenvalue weighted by Gasteiger charge is -2.18. The van der Waals surface area contributed by atoms with Gasteiger partial charge in [-0.15, -0.1) is 0 Å². The molecular weight excluding hydrogens is 466 g/mol. The lowest BCUT2D eigenvalue weighted by molar-refractivity contribution is -0.135. The van der Waals surface area contributed by atoms with Crippen molar-refractivity contribution in [3.63, 3.8) is 0 Å². The monoisotopic (exact) mass is 495 g/mol. The number of aryl methyl sites for hydroxylation is 2. The second-order valence-electron chi connectivity index (χ2n) is 8.92. The van der Waals surface area contributed by atoms with Crippen molar-refractivity contribution in [1.82, 2.24) is 4.90 Å². The first-order chi connectivity index (χ1) is 17.8. The maximum absolute atomic E-state index is 13.2. The summed E-state index contributed by atoms with van der Waals surface area (Å²) in [6, 6.07) is 26.0. The Morgan fingerprint density at radius 1 is 0.811 bits per heavy atom. The molecule has 4 aromatic rings. The average Bonchev–Trinajstić information content (AvgIpc) is 2.89. The van der Waals surface area contributed by atoms with Crippen molar-refractivity contribution in [1.29, 1.82) is 0 Å². The first-order valence-electron chi connectivity index (χ1n) is 11.9. The molecule has 2 N–H and O–H groups in total. The molecule has 0 saturated carbocycles. The van der Waals surface area contributed by atoms with Crippen LogP contribution >= 0.6 is 0 Å². The van der Waals surface area contributed by atoms with E-state index in [1.807, 2.05) is 74.5 Å². The van der Waals surface area contributed by atoms with Crippen LogP contribution < -0.4 is 15.4 Å². The Bertz CT molecular complexity index is 1450. The van der Waals surface area contributed by atoms with Crippen LogP contribution in [0.15, 0.2) is 84.9 Å². The van der Waals surface area contributed by atoms with Crippen LogP contribution in [0.4, 0.5) is 11.4 Å². The number of benzene rings is 4. The molecule has 0 aromatic heterocycles. The van der Waals surface area contributed by atoms with Gasteiger partial charge < -0.3 is 20.3 Å². The molecule has 0 fully saturated rings. The third-order valence-electron chi connectivity index (χ3n) is 5.98. The molecular formula is C30H29N3O4. The zero-order valence-corrected chi connectivity index (χ0v) is 21.1. The number of hydrogen-bond donors (Lipinski definition) is 2. The molecule has 0 radical (unpaired) electrons. The molecule has 7 heteroatoms. The van der Waals surface area contributed by atoms with E-state index in [9.17, 15) is 14.4 Å². The van der Waals surface area contributed by atoms with E-state index in [1.54, 1.807) is 24.3 Å². The molecule has 0 unspecified atom stereocenters. The number of carbonyl (C=O) groups is 3. The summed E-state index contributed by atoms with van der Waals surface area (Å²) in [6.07, 6.45) is 0. The molecule has 3 amide bonds. The van der Waals surface area contributed by atoms with E-state index in [0.29, 0.717) is 16.9 Å². The van der Waals surface area contributed by atoms with Gasteiger partial charge in [0.2, 0.25) is 5.91 Å². The maximum Gasteiger partial charge on any atom is 0.260 e. The third kappa shape index (κ3) is 6.52. The molecule has 0 bridgehead atoms.